The molecule has 0 aliphatic rings. The summed E-state index contributed by atoms with van der Waals surface area (Å²) in [5, 5.41) is 4.16. The van der Waals surface area contributed by atoms with Crippen molar-refractivity contribution in [3.05, 3.63) is 40.1 Å². The van der Waals surface area contributed by atoms with Crippen molar-refractivity contribution in [2.24, 2.45) is 0 Å². The zero-order valence-corrected chi connectivity index (χ0v) is 11.3. The largest absolute Gasteiger partial charge is 0.496 e. The normalized spacial score (nSPS) is 10.2. The number of benzene rings is 1. The van der Waals surface area contributed by atoms with E-state index in [4.69, 9.17) is 9.47 Å². The average molecular weight is 262 g/mol. The third-order valence-electron chi connectivity index (χ3n) is 2.77. The van der Waals surface area contributed by atoms with Crippen LogP contribution in [0.5, 0.6) is 5.75 Å². The number of hydrogen-bond donors (Lipinski definition) is 0. The molecular formula is C14H14O3S. The van der Waals surface area contributed by atoms with E-state index in [9.17, 15) is 4.79 Å². The number of rotatable bonds is 3. The quantitative estimate of drug-likeness (QED) is 0.794. The molecule has 0 fully saturated rings. The Kier molecular flexibility index (Phi) is 3.67. The van der Waals surface area contributed by atoms with Crippen LogP contribution < -0.4 is 4.74 Å². The van der Waals surface area contributed by atoms with Gasteiger partial charge in [-0.25, -0.2) is 4.79 Å². The highest BCUT2D eigenvalue weighted by atomic mass is 32.1. The number of carbonyl (C=O) groups is 1. The maximum absolute atomic E-state index is 11.5. The molecule has 2 aromatic rings. The van der Waals surface area contributed by atoms with Crippen LogP contribution >= 0.6 is 11.3 Å². The molecular weight excluding hydrogens is 248 g/mol. The van der Waals surface area contributed by atoms with Crippen molar-refractivity contribution in [3.63, 3.8) is 0 Å². The van der Waals surface area contributed by atoms with Crippen molar-refractivity contribution in [1.29, 1.82) is 0 Å². The van der Waals surface area contributed by atoms with Crippen LogP contribution in [-0.4, -0.2) is 20.2 Å². The molecule has 4 heteroatoms. The maximum atomic E-state index is 11.5. The Bertz CT molecular complexity index is 572. The van der Waals surface area contributed by atoms with Crippen LogP contribution in [0.25, 0.3) is 11.1 Å². The van der Waals surface area contributed by atoms with E-state index >= 15 is 0 Å². The fraction of sp³-hybridized carbons (Fsp3) is 0.214. The molecule has 0 aliphatic heterocycles. The van der Waals surface area contributed by atoms with E-state index in [0.29, 0.717) is 11.3 Å². The molecule has 0 unspecified atom stereocenters. The van der Waals surface area contributed by atoms with Crippen LogP contribution in [-0.2, 0) is 4.74 Å². The van der Waals surface area contributed by atoms with E-state index in [1.807, 2.05) is 6.07 Å². The van der Waals surface area contributed by atoms with Crippen molar-refractivity contribution in [3.8, 4) is 16.9 Å². The van der Waals surface area contributed by atoms with Crippen molar-refractivity contribution < 1.29 is 14.3 Å². The highest BCUT2D eigenvalue weighted by Gasteiger charge is 2.13. The van der Waals surface area contributed by atoms with Gasteiger partial charge in [0.1, 0.15) is 5.75 Å². The lowest BCUT2D eigenvalue weighted by atomic mass is 10.0. The molecule has 18 heavy (non-hydrogen) atoms. The average Bonchev–Trinajstić information content (AvgIpc) is 2.83. The number of methoxy groups -OCH3 is 2. The predicted octanol–water partition coefficient (Wildman–Crippen LogP) is 3.52. The van der Waals surface area contributed by atoms with Gasteiger partial charge in [-0.1, -0.05) is 0 Å². The standard InChI is InChI=1S/C14H14O3S/c1-9-7-18-8-12(9)11-5-4-10(14(15)17-3)6-13(11)16-2/h4-8H,1-3H3. The summed E-state index contributed by atoms with van der Waals surface area (Å²) in [4.78, 5) is 11.5. The van der Waals surface area contributed by atoms with Crippen molar-refractivity contribution in [2.45, 2.75) is 6.92 Å². The summed E-state index contributed by atoms with van der Waals surface area (Å²) in [6, 6.07) is 5.35. The Morgan fingerprint density at radius 2 is 1.94 bits per heavy atom. The number of thiophene rings is 1. The van der Waals surface area contributed by atoms with Crippen LogP contribution in [0.1, 0.15) is 15.9 Å². The molecule has 0 radical (unpaired) electrons. The number of hydrogen-bond acceptors (Lipinski definition) is 4. The molecule has 3 nitrogen and oxygen atoms in total. The van der Waals surface area contributed by atoms with Gasteiger partial charge in [0.15, 0.2) is 0 Å². The highest BCUT2D eigenvalue weighted by molar-refractivity contribution is 7.08. The lowest BCUT2D eigenvalue weighted by Gasteiger charge is -2.10. The van der Waals surface area contributed by atoms with E-state index in [2.05, 4.69) is 17.7 Å². The second kappa shape index (κ2) is 5.23. The van der Waals surface area contributed by atoms with Crippen LogP contribution in [0.15, 0.2) is 29.0 Å². The van der Waals surface area contributed by atoms with Crippen molar-refractivity contribution in [2.75, 3.05) is 14.2 Å². The first-order valence-corrected chi connectivity index (χ1v) is 6.41. The zero-order valence-electron chi connectivity index (χ0n) is 10.5. The SMILES string of the molecule is COC(=O)c1ccc(-c2cscc2C)c(OC)c1. The van der Waals surface area contributed by atoms with E-state index < -0.39 is 0 Å². The minimum atomic E-state index is -0.359. The fourth-order valence-electron chi connectivity index (χ4n) is 1.80. The third-order valence-corrected chi connectivity index (χ3v) is 3.63. The molecule has 0 saturated carbocycles. The first-order valence-electron chi connectivity index (χ1n) is 5.47. The molecule has 94 valence electrons. The topological polar surface area (TPSA) is 35.5 Å². The second-order valence-electron chi connectivity index (χ2n) is 3.88. The Balaban J connectivity index is 2.50. The van der Waals surface area contributed by atoms with E-state index in [1.165, 1.54) is 12.7 Å². The first kappa shape index (κ1) is 12.6. The molecule has 1 aromatic carbocycles. The molecule has 0 spiro atoms. The van der Waals surface area contributed by atoms with Gasteiger partial charge in [-0.3, -0.25) is 0 Å². The van der Waals surface area contributed by atoms with Crippen LogP contribution in [0.4, 0.5) is 0 Å². The van der Waals surface area contributed by atoms with Gasteiger partial charge in [0.2, 0.25) is 0 Å². The van der Waals surface area contributed by atoms with Crippen LogP contribution in [0, 0.1) is 6.92 Å². The maximum Gasteiger partial charge on any atom is 0.337 e. The van der Waals surface area contributed by atoms with Gasteiger partial charge in [-0.2, -0.15) is 11.3 Å². The zero-order chi connectivity index (χ0) is 13.1. The summed E-state index contributed by atoms with van der Waals surface area (Å²) < 4.78 is 10.1. The molecule has 0 aliphatic carbocycles. The van der Waals surface area contributed by atoms with Crippen LogP contribution in [0.2, 0.25) is 0 Å². The summed E-state index contributed by atoms with van der Waals surface area (Å²) in [6.45, 7) is 2.06. The molecule has 0 N–H and O–H groups in total. The summed E-state index contributed by atoms with van der Waals surface area (Å²) in [6.07, 6.45) is 0. The lowest BCUT2D eigenvalue weighted by molar-refractivity contribution is 0.0600. The van der Waals surface area contributed by atoms with Gasteiger partial charge in [0.05, 0.1) is 19.8 Å². The molecule has 0 saturated heterocycles. The van der Waals surface area contributed by atoms with E-state index in [1.54, 1.807) is 30.6 Å². The van der Waals surface area contributed by atoms with E-state index in [-0.39, 0.29) is 5.97 Å². The summed E-state index contributed by atoms with van der Waals surface area (Å²) in [7, 11) is 2.97. The van der Waals surface area contributed by atoms with Gasteiger partial charge >= 0.3 is 5.97 Å². The monoisotopic (exact) mass is 262 g/mol. The van der Waals surface area contributed by atoms with Gasteiger partial charge in [-0.05, 0) is 47.0 Å². The number of ether oxygens (including phenoxy) is 2. The Hall–Kier alpha value is -1.81. The van der Waals surface area contributed by atoms with Gasteiger partial charge < -0.3 is 9.47 Å². The van der Waals surface area contributed by atoms with Crippen LogP contribution in [0.3, 0.4) is 0 Å². The Labute approximate surface area is 110 Å². The number of aryl methyl sites for hydroxylation is 1. The number of esters is 1. The lowest BCUT2D eigenvalue weighted by Crippen LogP contribution is -2.01. The van der Waals surface area contributed by atoms with Crippen molar-refractivity contribution in [1.82, 2.24) is 0 Å². The summed E-state index contributed by atoms with van der Waals surface area (Å²) in [5.74, 6) is 0.321. The Morgan fingerprint density at radius 3 is 2.50 bits per heavy atom. The molecule has 1 heterocycles. The fourth-order valence-corrected chi connectivity index (χ4v) is 2.64. The highest BCUT2D eigenvalue weighted by Crippen LogP contribution is 2.34. The molecule has 0 atom stereocenters. The minimum Gasteiger partial charge on any atom is -0.496 e. The summed E-state index contributed by atoms with van der Waals surface area (Å²) in [5.41, 5.74) is 3.81. The Morgan fingerprint density at radius 1 is 1.17 bits per heavy atom. The predicted molar refractivity (Wildman–Crippen MR) is 72.4 cm³/mol. The smallest absolute Gasteiger partial charge is 0.337 e. The van der Waals surface area contributed by atoms with Gasteiger partial charge in [0.25, 0.3) is 0 Å². The second-order valence-corrected chi connectivity index (χ2v) is 4.62. The third kappa shape index (κ3) is 2.24. The first-order chi connectivity index (χ1) is 8.67. The van der Waals surface area contributed by atoms with E-state index in [0.717, 1.165) is 11.1 Å². The van der Waals surface area contributed by atoms with Gasteiger partial charge in [0, 0.05) is 5.56 Å². The molecule has 2 rings (SSSR count). The van der Waals surface area contributed by atoms with Crippen molar-refractivity contribution >= 4 is 17.3 Å². The van der Waals surface area contributed by atoms with Gasteiger partial charge in [-0.15, -0.1) is 0 Å². The molecule has 1 aromatic heterocycles. The minimum absolute atomic E-state index is 0.359. The molecule has 0 bridgehead atoms. The summed E-state index contributed by atoms with van der Waals surface area (Å²) >= 11 is 1.65. The number of carbonyl (C=O) groups excluding carboxylic acids is 1. The molecule has 0 amide bonds.